The maximum absolute atomic E-state index is 12.7. The highest BCUT2D eigenvalue weighted by Crippen LogP contribution is 2.20. The van der Waals surface area contributed by atoms with E-state index >= 15 is 0 Å². The Hall–Kier alpha value is -3.67. The number of benzene rings is 2. The first-order valence-corrected chi connectivity index (χ1v) is 9.40. The Labute approximate surface area is 169 Å². The molecule has 29 heavy (non-hydrogen) atoms. The Balaban J connectivity index is 1.53. The fraction of sp³-hybridized carbons (Fsp3) is 0.174. The molecule has 0 saturated heterocycles. The van der Waals surface area contributed by atoms with Crippen LogP contribution in [0.25, 0.3) is 16.6 Å². The minimum absolute atomic E-state index is 0.214. The van der Waals surface area contributed by atoms with Crippen LogP contribution in [0.5, 0.6) is 5.75 Å². The number of carbonyl (C=O) groups excluding carboxylic acids is 1. The van der Waals surface area contributed by atoms with Crippen molar-refractivity contribution in [1.82, 2.24) is 20.1 Å². The molecule has 0 atom stereocenters. The van der Waals surface area contributed by atoms with Crippen LogP contribution < -0.4 is 10.1 Å². The number of pyridine rings is 1. The molecule has 0 bridgehead atoms. The largest absolute Gasteiger partial charge is 0.497 e. The SMILES string of the molecule is COc1ccc2nc(C(=O)NCc3c(C)nn(-c4ccccc4)c3C)ccc2c1. The van der Waals surface area contributed by atoms with E-state index in [1.165, 1.54) is 0 Å². The summed E-state index contributed by atoms with van der Waals surface area (Å²) in [5, 5.41) is 8.52. The normalized spacial score (nSPS) is 10.9. The van der Waals surface area contributed by atoms with Gasteiger partial charge in [0.2, 0.25) is 0 Å². The van der Waals surface area contributed by atoms with Gasteiger partial charge < -0.3 is 10.1 Å². The molecule has 0 fully saturated rings. The fourth-order valence-corrected chi connectivity index (χ4v) is 3.37. The Bertz CT molecular complexity index is 1180. The Morgan fingerprint density at radius 2 is 1.86 bits per heavy atom. The number of hydrogen-bond donors (Lipinski definition) is 1. The van der Waals surface area contributed by atoms with E-state index in [1.807, 2.05) is 73.1 Å². The zero-order chi connectivity index (χ0) is 20.4. The molecule has 2 aromatic carbocycles. The summed E-state index contributed by atoms with van der Waals surface area (Å²) in [7, 11) is 1.63. The number of ether oxygens (including phenoxy) is 1. The molecule has 2 heterocycles. The average Bonchev–Trinajstić information content (AvgIpc) is 3.05. The van der Waals surface area contributed by atoms with Gasteiger partial charge in [-0.1, -0.05) is 24.3 Å². The van der Waals surface area contributed by atoms with Crippen molar-refractivity contribution in [3.05, 3.63) is 83.3 Å². The zero-order valence-electron chi connectivity index (χ0n) is 16.6. The molecular weight excluding hydrogens is 364 g/mol. The zero-order valence-corrected chi connectivity index (χ0v) is 16.6. The molecule has 0 aliphatic rings. The lowest BCUT2D eigenvalue weighted by molar-refractivity contribution is 0.0946. The summed E-state index contributed by atoms with van der Waals surface area (Å²) < 4.78 is 7.13. The van der Waals surface area contributed by atoms with Gasteiger partial charge in [-0.3, -0.25) is 4.79 Å². The molecule has 2 aromatic heterocycles. The minimum Gasteiger partial charge on any atom is -0.497 e. The van der Waals surface area contributed by atoms with E-state index in [1.54, 1.807) is 13.2 Å². The Kier molecular flexibility index (Phi) is 4.99. The molecule has 4 aromatic rings. The van der Waals surface area contributed by atoms with Crippen molar-refractivity contribution in [2.75, 3.05) is 7.11 Å². The van der Waals surface area contributed by atoms with Gasteiger partial charge >= 0.3 is 0 Å². The third kappa shape index (κ3) is 3.69. The van der Waals surface area contributed by atoms with Crippen LogP contribution in [0.2, 0.25) is 0 Å². The quantitative estimate of drug-likeness (QED) is 0.563. The van der Waals surface area contributed by atoms with E-state index in [2.05, 4.69) is 15.4 Å². The topological polar surface area (TPSA) is 69.0 Å². The van der Waals surface area contributed by atoms with Crippen molar-refractivity contribution in [3.8, 4) is 11.4 Å². The van der Waals surface area contributed by atoms with Gasteiger partial charge in [0.25, 0.3) is 5.91 Å². The van der Waals surface area contributed by atoms with Crippen LogP contribution in [-0.2, 0) is 6.54 Å². The molecule has 1 amide bonds. The van der Waals surface area contributed by atoms with Gasteiger partial charge in [0.15, 0.2) is 0 Å². The third-order valence-electron chi connectivity index (χ3n) is 5.00. The molecule has 0 unspecified atom stereocenters. The van der Waals surface area contributed by atoms with E-state index in [4.69, 9.17) is 4.74 Å². The number of carbonyl (C=O) groups is 1. The number of aromatic nitrogens is 3. The van der Waals surface area contributed by atoms with Crippen LogP contribution in [0.3, 0.4) is 0 Å². The number of fused-ring (bicyclic) bond motifs is 1. The molecule has 6 nitrogen and oxygen atoms in total. The molecule has 146 valence electrons. The number of methoxy groups -OCH3 is 1. The number of nitrogens with one attached hydrogen (secondary N) is 1. The highest BCUT2D eigenvalue weighted by Gasteiger charge is 2.15. The van der Waals surface area contributed by atoms with Crippen LogP contribution >= 0.6 is 0 Å². The number of para-hydroxylation sites is 1. The summed E-state index contributed by atoms with van der Waals surface area (Å²) in [4.78, 5) is 17.1. The molecule has 0 radical (unpaired) electrons. The molecular formula is C23H22N4O2. The van der Waals surface area contributed by atoms with Crippen LogP contribution in [0.15, 0.2) is 60.7 Å². The summed E-state index contributed by atoms with van der Waals surface area (Å²) in [6.45, 7) is 4.36. The fourth-order valence-electron chi connectivity index (χ4n) is 3.37. The predicted octanol–water partition coefficient (Wildman–Crippen LogP) is 3.98. The average molecular weight is 386 g/mol. The summed E-state index contributed by atoms with van der Waals surface area (Å²) in [6.07, 6.45) is 0. The van der Waals surface area contributed by atoms with E-state index in [0.717, 1.165) is 39.3 Å². The van der Waals surface area contributed by atoms with Gasteiger partial charge in [-0.15, -0.1) is 0 Å². The lowest BCUT2D eigenvalue weighted by atomic mass is 10.1. The maximum atomic E-state index is 12.7. The van der Waals surface area contributed by atoms with Crippen molar-refractivity contribution in [3.63, 3.8) is 0 Å². The van der Waals surface area contributed by atoms with E-state index < -0.39 is 0 Å². The molecule has 0 aliphatic heterocycles. The monoisotopic (exact) mass is 386 g/mol. The second-order valence-corrected chi connectivity index (χ2v) is 6.83. The molecule has 1 N–H and O–H groups in total. The standard InChI is InChI=1S/C23H22N4O2/c1-15-20(16(2)27(26-15)18-7-5-4-6-8-18)14-24-23(28)22-11-9-17-13-19(29-3)10-12-21(17)25-22/h4-13H,14H2,1-3H3,(H,24,28). The lowest BCUT2D eigenvalue weighted by Crippen LogP contribution is -2.24. The van der Waals surface area contributed by atoms with E-state index in [0.29, 0.717) is 12.2 Å². The molecule has 4 rings (SSSR count). The Morgan fingerprint density at radius 1 is 1.07 bits per heavy atom. The van der Waals surface area contributed by atoms with Crippen LogP contribution in [-0.4, -0.2) is 27.8 Å². The van der Waals surface area contributed by atoms with Crippen molar-refractivity contribution >= 4 is 16.8 Å². The van der Waals surface area contributed by atoms with Gasteiger partial charge in [0.1, 0.15) is 11.4 Å². The first kappa shape index (κ1) is 18.7. The summed E-state index contributed by atoms with van der Waals surface area (Å²) in [5.74, 6) is 0.548. The van der Waals surface area contributed by atoms with Crippen LogP contribution in [0, 0.1) is 13.8 Å². The van der Waals surface area contributed by atoms with Crippen molar-refractivity contribution < 1.29 is 9.53 Å². The van der Waals surface area contributed by atoms with E-state index in [9.17, 15) is 4.79 Å². The van der Waals surface area contributed by atoms with Gasteiger partial charge in [-0.25, -0.2) is 9.67 Å². The smallest absolute Gasteiger partial charge is 0.270 e. The van der Waals surface area contributed by atoms with E-state index in [-0.39, 0.29) is 5.91 Å². The molecule has 0 aliphatic carbocycles. The Morgan fingerprint density at radius 3 is 2.62 bits per heavy atom. The second-order valence-electron chi connectivity index (χ2n) is 6.83. The van der Waals surface area contributed by atoms with Gasteiger partial charge in [0, 0.05) is 23.2 Å². The number of hydrogen-bond acceptors (Lipinski definition) is 4. The third-order valence-corrected chi connectivity index (χ3v) is 5.00. The first-order chi connectivity index (χ1) is 14.1. The van der Waals surface area contributed by atoms with Crippen molar-refractivity contribution in [2.45, 2.75) is 20.4 Å². The van der Waals surface area contributed by atoms with Crippen LogP contribution in [0.4, 0.5) is 0 Å². The van der Waals surface area contributed by atoms with Gasteiger partial charge in [0.05, 0.1) is 24.0 Å². The summed E-state index contributed by atoms with van der Waals surface area (Å²) in [6, 6.07) is 19.1. The second kappa shape index (κ2) is 7.75. The predicted molar refractivity (Wildman–Crippen MR) is 113 cm³/mol. The van der Waals surface area contributed by atoms with Gasteiger partial charge in [-0.2, -0.15) is 5.10 Å². The first-order valence-electron chi connectivity index (χ1n) is 9.40. The number of amides is 1. The maximum Gasteiger partial charge on any atom is 0.270 e. The van der Waals surface area contributed by atoms with Crippen LogP contribution in [0.1, 0.15) is 27.4 Å². The number of aryl methyl sites for hydroxylation is 1. The highest BCUT2D eigenvalue weighted by molar-refractivity contribution is 5.95. The molecule has 6 heteroatoms. The molecule has 0 saturated carbocycles. The highest BCUT2D eigenvalue weighted by atomic mass is 16.5. The number of rotatable bonds is 5. The van der Waals surface area contributed by atoms with Crippen molar-refractivity contribution in [1.29, 1.82) is 0 Å². The number of nitrogens with zero attached hydrogens (tertiary/aromatic N) is 3. The van der Waals surface area contributed by atoms with Gasteiger partial charge in [-0.05, 0) is 50.2 Å². The molecule has 0 spiro atoms. The summed E-state index contributed by atoms with van der Waals surface area (Å²) >= 11 is 0. The lowest BCUT2D eigenvalue weighted by Gasteiger charge is -2.08. The summed E-state index contributed by atoms with van der Waals surface area (Å²) in [5.41, 5.74) is 5.04. The minimum atomic E-state index is -0.214. The van der Waals surface area contributed by atoms with Crippen molar-refractivity contribution in [2.24, 2.45) is 0 Å².